The molecule has 0 bridgehead atoms. The highest BCUT2D eigenvalue weighted by molar-refractivity contribution is 14.1. The minimum Gasteiger partial charge on any atom is -0.481 e. The van der Waals surface area contributed by atoms with E-state index in [1.54, 1.807) is 12.1 Å². The Labute approximate surface area is 142 Å². The van der Waals surface area contributed by atoms with Gasteiger partial charge in [0, 0.05) is 13.4 Å². The van der Waals surface area contributed by atoms with Crippen molar-refractivity contribution in [3.63, 3.8) is 0 Å². The Bertz CT molecular complexity index is 684. The maximum absolute atomic E-state index is 13.2. The second kappa shape index (κ2) is 6.91. The average molecular weight is 438 g/mol. The Morgan fingerprint density at radius 3 is 2.32 bits per heavy atom. The first kappa shape index (κ1) is 17.1. The van der Waals surface area contributed by atoms with Crippen molar-refractivity contribution in [2.45, 2.75) is 22.4 Å². The maximum Gasteiger partial charge on any atom is 0.417 e. The van der Waals surface area contributed by atoms with Crippen molar-refractivity contribution in [1.82, 2.24) is 0 Å². The van der Waals surface area contributed by atoms with Gasteiger partial charge in [-0.15, -0.1) is 0 Å². The van der Waals surface area contributed by atoms with Crippen LogP contribution in [0.4, 0.5) is 13.2 Å². The number of aliphatic carboxylic acids is 1. The number of carbonyl (C=O) groups is 1. The minimum absolute atomic E-state index is 0.0582. The second-order valence-corrected chi connectivity index (χ2v) is 6.82. The highest BCUT2D eigenvalue weighted by atomic mass is 127. The molecule has 0 atom stereocenters. The molecule has 0 aromatic heterocycles. The van der Waals surface area contributed by atoms with Crippen molar-refractivity contribution >= 4 is 40.3 Å². The first-order chi connectivity index (χ1) is 10.3. The van der Waals surface area contributed by atoms with Gasteiger partial charge in [0.2, 0.25) is 0 Å². The Balaban J connectivity index is 2.37. The molecule has 7 heteroatoms. The molecular weight excluding hydrogens is 428 g/mol. The van der Waals surface area contributed by atoms with Gasteiger partial charge in [-0.2, -0.15) is 13.2 Å². The van der Waals surface area contributed by atoms with E-state index in [0.717, 1.165) is 21.4 Å². The third-order valence-corrected chi connectivity index (χ3v) is 4.55. The smallest absolute Gasteiger partial charge is 0.417 e. The summed E-state index contributed by atoms with van der Waals surface area (Å²) in [7, 11) is 0. The fourth-order valence-corrected chi connectivity index (χ4v) is 3.11. The molecule has 0 amide bonds. The third kappa shape index (κ3) is 4.64. The van der Waals surface area contributed by atoms with Crippen molar-refractivity contribution in [3.8, 4) is 0 Å². The first-order valence-electron chi connectivity index (χ1n) is 6.11. The molecule has 2 rings (SSSR count). The number of halogens is 4. The molecule has 0 radical (unpaired) electrons. The van der Waals surface area contributed by atoms with E-state index in [-0.39, 0.29) is 10.5 Å². The van der Waals surface area contributed by atoms with Gasteiger partial charge in [0.25, 0.3) is 0 Å². The molecule has 22 heavy (non-hydrogen) atoms. The minimum atomic E-state index is -4.53. The number of rotatable bonds is 4. The highest BCUT2D eigenvalue weighted by Crippen LogP contribution is 2.40. The normalized spacial score (nSPS) is 11.5. The van der Waals surface area contributed by atoms with Crippen LogP contribution in [0.2, 0.25) is 0 Å². The van der Waals surface area contributed by atoms with Crippen LogP contribution in [0.15, 0.2) is 52.3 Å². The van der Waals surface area contributed by atoms with Gasteiger partial charge in [0.15, 0.2) is 0 Å². The monoisotopic (exact) mass is 438 g/mol. The highest BCUT2D eigenvalue weighted by Gasteiger charge is 2.34. The standard InChI is InChI=1S/C15H10F3IO2S/c16-15(17,18)12-7-9(8-14(20)21)1-6-13(12)22-11-4-2-10(19)3-5-11/h1-7H,8H2,(H,20,21). The number of carboxylic acid groups (broad SMARTS) is 1. The van der Waals surface area contributed by atoms with Crippen molar-refractivity contribution < 1.29 is 23.1 Å². The first-order valence-corrected chi connectivity index (χ1v) is 8.00. The number of hydrogen-bond donors (Lipinski definition) is 1. The molecule has 0 aliphatic carbocycles. The molecule has 116 valence electrons. The van der Waals surface area contributed by atoms with Gasteiger partial charge in [0.1, 0.15) is 0 Å². The van der Waals surface area contributed by atoms with E-state index in [4.69, 9.17) is 5.11 Å². The molecule has 0 spiro atoms. The molecule has 0 saturated carbocycles. The van der Waals surface area contributed by atoms with E-state index < -0.39 is 24.1 Å². The van der Waals surface area contributed by atoms with Gasteiger partial charge >= 0.3 is 12.1 Å². The second-order valence-electron chi connectivity index (χ2n) is 4.45. The van der Waals surface area contributed by atoms with Crippen molar-refractivity contribution in [3.05, 3.63) is 57.2 Å². The summed E-state index contributed by atoms with van der Waals surface area (Å²) < 4.78 is 40.5. The van der Waals surface area contributed by atoms with Crippen LogP contribution in [0.25, 0.3) is 0 Å². The molecule has 0 fully saturated rings. The molecule has 2 nitrogen and oxygen atoms in total. The Kier molecular flexibility index (Phi) is 5.38. The number of alkyl halides is 3. The van der Waals surface area contributed by atoms with E-state index in [1.807, 2.05) is 12.1 Å². The lowest BCUT2D eigenvalue weighted by Crippen LogP contribution is -2.09. The van der Waals surface area contributed by atoms with Gasteiger partial charge in [-0.25, -0.2) is 0 Å². The molecule has 2 aromatic rings. The van der Waals surface area contributed by atoms with Crippen molar-refractivity contribution in [2.75, 3.05) is 0 Å². The molecule has 1 N–H and O–H groups in total. The van der Waals surface area contributed by atoms with Crippen molar-refractivity contribution in [1.29, 1.82) is 0 Å². The van der Waals surface area contributed by atoms with Crippen LogP contribution >= 0.6 is 34.4 Å². The summed E-state index contributed by atoms with van der Waals surface area (Å²) in [5.74, 6) is -1.16. The Hall–Kier alpha value is -1.22. The fourth-order valence-electron chi connectivity index (χ4n) is 1.80. The molecule has 0 unspecified atom stereocenters. The van der Waals surface area contributed by atoms with Gasteiger partial charge in [0.05, 0.1) is 12.0 Å². The zero-order valence-electron chi connectivity index (χ0n) is 11.0. The fraction of sp³-hybridized carbons (Fsp3) is 0.133. The Morgan fingerprint density at radius 2 is 1.77 bits per heavy atom. The van der Waals surface area contributed by atoms with Gasteiger partial charge < -0.3 is 5.11 Å². The quantitative estimate of drug-likeness (QED) is 0.677. The third-order valence-electron chi connectivity index (χ3n) is 2.75. The summed E-state index contributed by atoms with van der Waals surface area (Å²) >= 11 is 3.12. The van der Waals surface area contributed by atoms with E-state index in [2.05, 4.69) is 22.6 Å². The van der Waals surface area contributed by atoms with E-state index in [0.29, 0.717) is 4.90 Å². The Morgan fingerprint density at radius 1 is 1.14 bits per heavy atom. The lowest BCUT2D eigenvalue weighted by molar-refractivity contribution is -0.140. The van der Waals surface area contributed by atoms with Crippen LogP contribution in [0.3, 0.4) is 0 Å². The van der Waals surface area contributed by atoms with Gasteiger partial charge in [-0.05, 0) is 64.6 Å². The lowest BCUT2D eigenvalue weighted by atomic mass is 10.1. The summed E-state index contributed by atoms with van der Waals surface area (Å²) in [4.78, 5) is 11.4. The van der Waals surface area contributed by atoms with E-state index in [9.17, 15) is 18.0 Å². The summed E-state index contributed by atoms with van der Waals surface area (Å²) in [6.45, 7) is 0. The summed E-state index contributed by atoms with van der Waals surface area (Å²) in [6.07, 6.45) is -4.96. The maximum atomic E-state index is 13.2. The number of benzene rings is 2. The van der Waals surface area contributed by atoms with Crippen LogP contribution in [0.1, 0.15) is 11.1 Å². The summed E-state index contributed by atoms with van der Waals surface area (Å²) in [6, 6.07) is 10.8. The van der Waals surface area contributed by atoms with Crippen LogP contribution in [0, 0.1) is 3.57 Å². The molecule has 0 saturated heterocycles. The van der Waals surface area contributed by atoms with E-state index in [1.165, 1.54) is 12.1 Å². The predicted octanol–water partition coefficient (Wildman–Crippen LogP) is 5.09. The number of hydrogen-bond acceptors (Lipinski definition) is 2. The zero-order valence-corrected chi connectivity index (χ0v) is 14.0. The largest absolute Gasteiger partial charge is 0.481 e. The average Bonchev–Trinajstić information content (AvgIpc) is 2.41. The van der Waals surface area contributed by atoms with Crippen LogP contribution in [0.5, 0.6) is 0 Å². The van der Waals surface area contributed by atoms with E-state index >= 15 is 0 Å². The summed E-state index contributed by atoms with van der Waals surface area (Å²) in [5.41, 5.74) is -0.679. The predicted molar refractivity (Wildman–Crippen MR) is 86.1 cm³/mol. The summed E-state index contributed by atoms with van der Waals surface area (Å²) in [5, 5.41) is 8.70. The molecule has 0 aliphatic heterocycles. The van der Waals surface area contributed by atoms with Gasteiger partial charge in [-0.1, -0.05) is 17.8 Å². The molecule has 2 aromatic carbocycles. The zero-order chi connectivity index (χ0) is 16.3. The van der Waals surface area contributed by atoms with Crippen molar-refractivity contribution in [2.24, 2.45) is 0 Å². The van der Waals surface area contributed by atoms with Crippen LogP contribution in [-0.4, -0.2) is 11.1 Å². The van der Waals surface area contributed by atoms with Crippen LogP contribution < -0.4 is 0 Å². The molecule has 0 aliphatic rings. The van der Waals surface area contributed by atoms with Gasteiger partial charge in [-0.3, -0.25) is 4.79 Å². The topological polar surface area (TPSA) is 37.3 Å². The lowest BCUT2D eigenvalue weighted by Gasteiger charge is -2.14. The van der Waals surface area contributed by atoms with Crippen LogP contribution in [-0.2, 0) is 17.4 Å². The molecule has 0 heterocycles. The SMILES string of the molecule is O=C(O)Cc1ccc(Sc2ccc(I)cc2)c(C(F)(F)F)c1. The number of carboxylic acids is 1. The molecular formula is C15H10F3IO2S.